The summed E-state index contributed by atoms with van der Waals surface area (Å²) in [5.41, 5.74) is 7.32. The molecule has 0 atom stereocenters. The molecule has 0 saturated carbocycles. The van der Waals surface area contributed by atoms with Crippen LogP contribution in [0.5, 0.6) is 11.5 Å². The Labute approximate surface area is 174 Å². The zero-order valence-corrected chi connectivity index (χ0v) is 18.4. The average molecular weight is 401 g/mol. The summed E-state index contributed by atoms with van der Waals surface area (Å²) >= 11 is 0. The zero-order chi connectivity index (χ0) is 21.2. The fraction of sp³-hybridized carbons (Fsp3) is 0.542. The number of hydrogen-bond donors (Lipinski definition) is 1. The maximum Gasteiger partial charge on any atom is 0.297 e. The van der Waals surface area contributed by atoms with E-state index < -0.39 is 0 Å². The Bertz CT molecular complexity index is 884. The molecule has 0 spiro atoms. The molecule has 0 aliphatic carbocycles. The molecule has 0 fully saturated rings. The van der Waals surface area contributed by atoms with Crippen molar-refractivity contribution in [2.24, 2.45) is 0 Å². The van der Waals surface area contributed by atoms with Gasteiger partial charge < -0.3 is 19.8 Å². The number of benzene rings is 1. The second kappa shape index (κ2) is 11.5. The SMILES string of the molecule is CC=C(CC)Oc1c(OCCCCCC)c(=O)n(CCCC)c2cc(N)ccc12. The van der Waals surface area contributed by atoms with E-state index in [2.05, 4.69) is 13.8 Å². The minimum absolute atomic E-state index is 0.145. The summed E-state index contributed by atoms with van der Waals surface area (Å²) in [6.45, 7) is 9.40. The van der Waals surface area contributed by atoms with Gasteiger partial charge in [-0.2, -0.15) is 0 Å². The van der Waals surface area contributed by atoms with Crippen molar-refractivity contribution in [1.29, 1.82) is 0 Å². The lowest BCUT2D eigenvalue weighted by Crippen LogP contribution is -2.24. The first-order valence-corrected chi connectivity index (χ1v) is 11.0. The third-order valence-corrected chi connectivity index (χ3v) is 5.09. The largest absolute Gasteiger partial charge is 0.485 e. The molecule has 2 N–H and O–H groups in total. The average Bonchev–Trinajstić information content (AvgIpc) is 2.72. The third kappa shape index (κ3) is 5.78. The van der Waals surface area contributed by atoms with Crippen molar-refractivity contribution in [3.05, 3.63) is 40.4 Å². The van der Waals surface area contributed by atoms with E-state index in [1.54, 1.807) is 4.57 Å². The van der Waals surface area contributed by atoms with E-state index in [9.17, 15) is 4.79 Å². The van der Waals surface area contributed by atoms with Gasteiger partial charge in [-0.1, -0.05) is 46.5 Å². The quantitative estimate of drug-likeness (QED) is 0.268. The van der Waals surface area contributed by atoms with Gasteiger partial charge in [-0.15, -0.1) is 0 Å². The molecule has 0 saturated heterocycles. The first kappa shape index (κ1) is 22.9. The Balaban J connectivity index is 2.59. The van der Waals surface area contributed by atoms with Crippen LogP contribution in [0.1, 0.15) is 72.6 Å². The summed E-state index contributed by atoms with van der Waals surface area (Å²) in [5.74, 6) is 1.62. The van der Waals surface area contributed by atoms with Gasteiger partial charge in [-0.3, -0.25) is 4.79 Å². The first-order chi connectivity index (χ1) is 14.1. The second-order valence-electron chi connectivity index (χ2n) is 7.36. The molecule has 1 aromatic carbocycles. The number of fused-ring (bicyclic) bond motifs is 1. The van der Waals surface area contributed by atoms with Crippen LogP contribution in [0.4, 0.5) is 5.69 Å². The van der Waals surface area contributed by atoms with Crippen molar-refractivity contribution < 1.29 is 9.47 Å². The van der Waals surface area contributed by atoms with Gasteiger partial charge in [0.05, 0.1) is 17.9 Å². The minimum atomic E-state index is -0.145. The molecule has 0 bridgehead atoms. The molecule has 2 rings (SSSR count). The summed E-state index contributed by atoms with van der Waals surface area (Å²) < 4.78 is 14.0. The molecule has 160 valence electrons. The van der Waals surface area contributed by atoms with Crippen LogP contribution in [0.3, 0.4) is 0 Å². The standard InChI is InChI=1S/C24H36N2O3/c1-5-9-11-12-16-28-23-22(29-19(7-3)8-4)20-14-13-18(25)17-21(20)26(24(23)27)15-10-6-2/h7,13-14,17H,5-6,8-12,15-16,25H2,1-4H3. The van der Waals surface area contributed by atoms with Crippen LogP contribution < -0.4 is 20.8 Å². The number of nitrogens with two attached hydrogens (primary N) is 1. The maximum absolute atomic E-state index is 13.4. The number of ether oxygens (including phenoxy) is 2. The van der Waals surface area contributed by atoms with Crippen LogP contribution in [-0.4, -0.2) is 11.2 Å². The van der Waals surface area contributed by atoms with Gasteiger partial charge >= 0.3 is 0 Å². The van der Waals surface area contributed by atoms with Crippen LogP contribution in [0.25, 0.3) is 10.9 Å². The highest BCUT2D eigenvalue weighted by Gasteiger charge is 2.20. The Morgan fingerprint density at radius 1 is 1.07 bits per heavy atom. The van der Waals surface area contributed by atoms with Crippen molar-refractivity contribution in [1.82, 2.24) is 4.57 Å². The van der Waals surface area contributed by atoms with Crippen LogP contribution in [-0.2, 0) is 6.54 Å². The lowest BCUT2D eigenvalue weighted by molar-refractivity contribution is 0.280. The van der Waals surface area contributed by atoms with Crippen LogP contribution in [0.2, 0.25) is 0 Å². The number of aromatic nitrogens is 1. The number of aryl methyl sites for hydroxylation is 1. The van der Waals surface area contributed by atoms with Gasteiger partial charge in [0.15, 0.2) is 5.75 Å². The molecular formula is C24H36N2O3. The molecule has 0 unspecified atom stereocenters. The molecule has 0 aliphatic rings. The van der Waals surface area contributed by atoms with Gasteiger partial charge in [-0.05, 0) is 44.0 Å². The number of hydrogen-bond acceptors (Lipinski definition) is 4. The predicted octanol–water partition coefficient (Wildman–Crippen LogP) is 6.04. The Hall–Kier alpha value is -2.43. The van der Waals surface area contributed by atoms with Gasteiger partial charge in [0, 0.05) is 24.0 Å². The van der Waals surface area contributed by atoms with Gasteiger partial charge in [-0.25, -0.2) is 0 Å². The van der Waals surface area contributed by atoms with E-state index in [4.69, 9.17) is 15.2 Å². The van der Waals surface area contributed by atoms with Gasteiger partial charge in [0.25, 0.3) is 5.56 Å². The zero-order valence-electron chi connectivity index (χ0n) is 18.4. The number of nitrogens with zero attached hydrogens (tertiary/aromatic N) is 1. The smallest absolute Gasteiger partial charge is 0.297 e. The predicted molar refractivity (Wildman–Crippen MR) is 122 cm³/mol. The summed E-state index contributed by atoms with van der Waals surface area (Å²) in [7, 11) is 0. The monoisotopic (exact) mass is 400 g/mol. The van der Waals surface area contributed by atoms with Crippen molar-refractivity contribution in [2.75, 3.05) is 12.3 Å². The van der Waals surface area contributed by atoms with E-state index in [1.165, 1.54) is 6.42 Å². The highest BCUT2D eigenvalue weighted by Crippen LogP contribution is 2.35. The fourth-order valence-corrected chi connectivity index (χ4v) is 3.35. The summed E-state index contributed by atoms with van der Waals surface area (Å²) in [5, 5.41) is 0.853. The summed E-state index contributed by atoms with van der Waals surface area (Å²) in [6.07, 6.45) is 8.93. The molecule has 0 aliphatic heterocycles. The summed E-state index contributed by atoms with van der Waals surface area (Å²) in [4.78, 5) is 13.4. The first-order valence-electron chi connectivity index (χ1n) is 11.0. The molecule has 1 heterocycles. The lowest BCUT2D eigenvalue weighted by Gasteiger charge is -2.19. The Kier molecular flexibility index (Phi) is 9.10. The molecule has 29 heavy (non-hydrogen) atoms. The van der Waals surface area contributed by atoms with E-state index in [0.717, 1.165) is 55.2 Å². The third-order valence-electron chi connectivity index (χ3n) is 5.09. The summed E-state index contributed by atoms with van der Waals surface area (Å²) in [6, 6.07) is 5.62. The molecule has 1 aromatic heterocycles. The number of unbranched alkanes of at least 4 members (excludes halogenated alkanes) is 4. The highest BCUT2D eigenvalue weighted by atomic mass is 16.5. The topological polar surface area (TPSA) is 66.5 Å². The van der Waals surface area contributed by atoms with Crippen molar-refractivity contribution >= 4 is 16.6 Å². The van der Waals surface area contributed by atoms with Crippen LogP contribution in [0.15, 0.2) is 34.8 Å². The molecule has 0 amide bonds. The van der Waals surface area contributed by atoms with Gasteiger partial charge in [0.1, 0.15) is 0 Å². The van der Waals surface area contributed by atoms with E-state index in [-0.39, 0.29) is 5.56 Å². The molecular weight excluding hydrogens is 364 g/mol. The number of nitrogen functional groups attached to an aromatic ring is 1. The minimum Gasteiger partial charge on any atom is -0.485 e. The van der Waals surface area contributed by atoms with Crippen molar-refractivity contribution in [3.63, 3.8) is 0 Å². The lowest BCUT2D eigenvalue weighted by atomic mass is 10.1. The van der Waals surface area contributed by atoms with Crippen molar-refractivity contribution in [2.45, 2.75) is 79.2 Å². The van der Waals surface area contributed by atoms with Crippen molar-refractivity contribution in [3.8, 4) is 11.5 Å². The number of allylic oxidation sites excluding steroid dienone is 2. The van der Waals surface area contributed by atoms with Crippen LogP contribution >= 0.6 is 0 Å². The second-order valence-corrected chi connectivity index (χ2v) is 7.36. The number of pyridine rings is 1. The number of rotatable bonds is 12. The van der Waals surface area contributed by atoms with E-state index >= 15 is 0 Å². The van der Waals surface area contributed by atoms with Gasteiger partial charge in [0.2, 0.25) is 5.75 Å². The normalized spacial score (nSPS) is 11.8. The highest BCUT2D eigenvalue weighted by molar-refractivity contribution is 5.90. The Morgan fingerprint density at radius 3 is 2.48 bits per heavy atom. The molecule has 0 radical (unpaired) electrons. The molecule has 5 nitrogen and oxygen atoms in total. The molecule has 2 aromatic rings. The van der Waals surface area contributed by atoms with E-state index in [1.807, 2.05) is 38.1 Å². The maximum atomic E-state index is 13.4. The van der Waals surface area contributed by atoms with Crippen LogP contribution in [0, 0.1) is 0 Å². The number of anilines is 1. The Morgan fingerprint density at radius 2 is 1.83 bits per heavy atom. The molecule has 5 heteroatoms. The fourth-order valence-electron chi connectivity index (χ4n) is 3.35. The van der Waals surface area contributed by atoms with E-state index in [0.29, 0.717) is 30.3 Å².